The fourth-order valence-corrected chi connectivity index (χ4v) is 3.43. The maximum atomic E-state index is 12.8. The third-order valence-corrected chi connectivity index (χ3v) is 4.88. The van der Waals surface area contributed by atoms with Crippen molar-refractivity contribution in [1.29, 1.82) is 0 Å². The highest BCUT2D eigenvalue weighted by Crippen LogP contribution is 2.30. The number of phenolic OH excluding ortho intramolecular Hbond substituents is 1. The Hall–Kier alpha value is -3.28. The summed E-state index contributed by atoms with van der Waals surface area (Å²) in [5, 5.41) is 9.87. The Morgan fingerprint density at radius 3 is 2.21 bits per heavy atom. The van der Waals surface area contributed by atoms with Crippen molar-refractivity contribution in [2.45, 2.75) is 20.8 Å². The molecule has 146 valence electrons. The molecule has 6 heteroatoms. The van der Waals surface area contributed by atoms with Crippen LogP contribution >= 0.6 is 0 Å². The summed E-state index contributed by atoms with van der Waals surface area (Å²) in [6, 6.07) is 11.0. The van der Waals surface area contributed by atoms with E-state index in [0.29, 0.717) is 16.9 Å². The van der Waals surface area contributed by atoms with E-state index in [-0.39, 0.29) is 11.4 Å². The molecule has 28 heavy (non-hydrogen) atoms. The minimum Gasteiger partial charge on any atom is -0.504 e. The Kier molecular flexibility index (Phi) is 5.14. The topological polar surface area (TPSA) is 68.8 Å². The van der Waals surface area contributed by atoms with E-state index in [2.05, 4.69) is 19.1 Å². The predicted molar refractivity (Wildman–Crippen MR) is 110 cm³/mol. The standard InChI is InChI=1S/C22H25N3O3/c1-13-9-14(2)21(15(3)10-13)23-20-12-17(24(4)22(27)25(20)5)16-7-8-18(26)19(11-16)28-6/h7-12,26H,1-6H3/b23-20-. The maximum Gasteiger partial charge on any atom is 0.329 e. The van der Waals surface area contributed by atoms with Crippen LogP contribution in [0.25, 0.3) is 11.3 Å². The number of ether oxygens (including phenoxy) is 1. The summed E-state index contributed by atoms with van der Waals surface area (Å²) in [5.74, 6) is 0.399. The molecule has 3 aromatic rings. The first-order valence-electron chi connectivity index (χ1n) is 9.00. The number of aryl methyl sites for hydroxylation is 3. The zero-order chi connectivity index (χ0) is 20.6. The maximum absolute atomic E-state index is 12.8. The zero-order valence-corrected chi connectivity index (χ0v) is 17.1. The molecule has 6 nitrogen and oxygen atoms in total. The summed E-state index contributed by atoms with van der Waals surface area (Å²) in [7, 11) is 4.91. The van der Waals surface area contributed by atoms with Gasteiger partial charge in [0.1, 0.15) is 5.49 Å². The number of benzene rings is 2. The van der Waals surface area contributed by atoms with Gasteiger partial charge in [0, 0.05) is 25.7 Å². The first-order valence-corrected chi connectivity index (χ1v) is 9.00. The van der Waals surface area contributed by atoms with Crippen molar-refractivity contribution in [2.24, 2.45) is 19.1 Å². The molecule has 0 aliphatic heterocycles. The largest absolute Gasteiger partial charge is 0.504 e. The van der Waals surface area contributed by atoms with Gasteiger partial charge >= 0.3 is 5.69 Å². The molecule has 3 rings (SSSR count). The molecule has 1 N–H and O–H groups in total. The molecular formula is C22H25N3O3. The van der Waals surface area contributed by atoms with E-state index in [9.17, 15) is 9.90 Å². The fraction of sp³-hybridized carbons (Fsp3) is 0.273. The van der Waals surface area contributed by atoms with E-state index in [1.54, 1.807) is 36.9 Å². The highest BCUT2D eigenvalue weighted by atomic mass is 16.5. The summed E-state index contributed by atoms with van der Waals surface area (Å²) in [5.41, 5.74) is 5.97. The van der Waals surface area contributed by atoms with Crippen LogP contribution in [0.3, 0.4) is 0 Å². The highest BCUT2D eigenvalue weighted by Gasteiger charge is 2.11. The van der Waals surface area contributed by atoms with Gasteiger partial charge in [-0.05, 0) is 50.1 Å². The molecule has 0 saturated carbocycles. The number of hydrogen-bond acceptors (Lipinski definition) is 4. The van der Waals surface area contributed by atoms with Crippen molar-refractivity contribution in [3.8, 4) is 22.8 Å². The Bertz CT molecular complexity index is 1160. The molecule has 0 fully saturated rings. The van der Waals surface area contributed by atoms with E-state index in [4.69, 9.17) is 9.73 Å². The van der Waals surface area contributed by atoms with Crippen LogP contribution in [0.2, 0.25) is 0 Å². The lowest BCUT2D eigenvalue weighted by molar-refractivity contribution is 0.373. The summed E-state index contributed by atoms with van der Waals surface area (Å²) >= 11 is 0. The van der Waals surface area contributed by atoms with Gasteiger partial charge in [0.05, 0.1) is 18.5 Å². The predicted octanol–water partition coefficient (Wildman–Crippen LogP) is 3.26. The van der Waals surface area contributed by atoms with Gasteiger partial charge in [-0.25, -0.2) is 9.79 Å². The normalized spacial score (nSPS) is 11.7. The first kappa shape index (κ1) is 19.5. The summed E-state index contributed by atoms with van der Waals surface area (Å²) in [6.07, 6.45) is 0. The van der Waals surface area contributed by atoms with Crippen LogP contribution in [0.5, 0.6) is 11.5 Å². The van der Waals surface area contributed by atoms with E-state index in [0.717, 1.165) is 22.4 Å². The number of phenols is 1. The molecule has 0 aliphatic carbocycles. The summed E-state index contributed by atoms with van der Waals surface area (Å²) < 4.78 is 8.29. The Labute approximate surface area is 164 Å². The molecule has 2 aromatic carbocycles. The van der Waals surface area contributed by atoms with Crippen LogP contribution in [-0.2, 0) is 14.1 Å². The van der Waals surface area contributed by atoms with Crippen molar-refractivity contribution in [2.75, 3.05) is 7.11 Å². The minimum absolute atomic E-state index is 0.0496. The number of methoxy groups -OCH3 is 1. The quantitative estimate of drug-likeness (QED) is 0.759. The number of hydrogen-bond donors (Lipinski definition) is 1. The third-order valence-electron chi connectivity index (χ3n) is 4.88. The molecule has 0 saturated heterocycles. The summed E-state index contributed by atoms with van der Waals surface area (Å²) in [6.45, 7) is 6.09. The zero-order valence-electron chi connectivity index (χ0n) is 17.1. The van der Waals surface area contributed by atoms with Gasteiger partial charge in [-0.2, -0.15) is 0 Å². The van der Waals surface area contributed by atoms with Crippen LogP contribution < -0.4 is 15.9 Å². The number of nitrogens with zero attached hydrogens (tertiary/aromatic N) is 3. The third kappa shape index (κ3) is 3.45. The van der Waals surface area contributed by atoms with Crippen LogP contribution in [0.4, 0.5) is 5.69 Å². The number of aromatic hydroxyl groups is 1. The molecule has 1 aromatic heterocycles. The van der Waals surface area contributed by atoms with Gasteiger partial charge in [0.15, 0.2) is 11.5 Å². The van der Waals surface area contributed by atoms with Crippen molar-refractivity contribution in [1.82, 2.24) is 9.13 Å². The Morgan fingerprint density at radius 2 is 1.61 bits per heavy atom. The van der Waals surface area contributed by atoms with Crippen LogP contribution in [0.15, 0.2) is 46.2 Å². The van der Waals surface area contributed by atoms with Gasteiger partial charge in [-0.1, -0.05) is 17.7 Å². The minimum atomic E-state index is -0.189. The monoisotopic (exact) mass is 379 g/mol. The van der Waals surface area contributed by atoms with Gasteiger partial charge in [0.2, 0.25) is 0 Å². The van der Waals surface area contributed by atoms with Gasteiger partial charge in [-0.3, -0.25) is 9.13 Å². The number of rotatable bonds is 3. The smallest absolute Gasteiger partial charge is 0.329 e. The lowest BCUT2D eigenvalue weighted by atomic mass is 10.1. The number of aromatic nitrogens is 2. The van der Waals surface area contributed by atoms with Crippen molar-refractivity contribution >= 4 is 5.69 Å². The van der Waals surface area contributed by atoms with E-state index in [1.807, 2.05) is 19.9 Å². The van der Waals surface area contributed by atoms with E-state index < -0.39 is 0 Å². The average Bonchev–Trinajstić information content (AvgIpc) is 2.65. The van der Waals surface area contributed by atoms with E-state index >= 15 is 0 Å². The van der Waals surface area contributed by atoms with Crippen molar-refractivity contribution in [3.63, 3.8) is 0 Å². The average molecular weight is 379 g/mol. The molecule has 0 amide bonds. The molecule has 0 atom stereocenters. The fourth-order valence-electron chi connectivity index (χ4n) is 3.43. The second-order valence-corrected chi connectivity index (χ2v) is 7.03. The second-order valence-electron chi connectivity index (χ2n) is 7.03. The first-order chi connectivity index (χ1) is 13.2. The van der Waals surface area contributed by atoms with E-state index in [1.165, 1.54) is 17.2 Å². The highest BCUT2D eigenvalue weighted by molar-refractivity contribution is 5.64. The molecule has 0 unspecified atom stereocenters. The SMILES string of the molecule is COc1cc(-c2c/c(=N/c3c(C)cc(C)cc3C)n(C)c(=O)n2C)ccc1O. The molecule has 0 radical (unpaired) electrons. The van der Waals surface area contributed by atoms with Crippen LogP contribution in [-0.4, -0.2) is 21.4 Å². The van der Waals surface area contributed by atoms with Gasteiger partial charge in [0.25, 0.3) is 0 Å². The lowest BCUT2D eigenvalue weighted by Crippen LogP contribution is -2.37. The summed E-state index contributed by atoms with van der Waals surface area (Å²) in [4.78, 5) is 17.6. The van der Waals surface area contributed by atoms with Crippen LogP contribution in [0, 0.1) is 20.8 Å². The van der Waals surface area contributed by atoms with Gasteiger partial charge in [-0.15, -0.1) is 0 Å². The molecule has 0 bridgehead atoms. The molecule has 1 heterocycles. The lowest BCUT2D eigenvalue weighted by Gasteiger charge is -2.13. The molecule has 0 spiro atoms. The van der Waals surface area contributed by atoms with Crippen LogP contribution in [0.1, 0.15) is 16.7 Å². The second kappa shape index (κ2) is 7.38. The molecular weight excluding hydrogens is 354 g/mol. The molecule has 0 aliphatic rings. The Morgan fingerprint density at radius 1 is 0.964 bits per heavy atom. The van der Waals surface area contributed by atoms with Gasteiger partial charge < -0.3 is 9.84 Å². The van der Waals surface area contributed by atoms with Crippen molar-refractivity contribution < 1.29 is 9.84 Å². The van der Waals surface area contributed by atoms with Crippen molar-refractivity contribution in [3.05, 3.63) is 69.1 Å². The Balaban J connectivity index is 2.30.